The molecule has 1 aliphatic carbocycles. The van der Waals surface area contributed by atoms with Crippen LogP contribution in [0.5, 0.6) is 0 Å². The van der Waals surface area contributed by atoms with E-state index in [0.717, 1.165) is 33.2 Å². The second-order valence-electron chi connectivity index (χ2n) is 15.5. The monoisotopic (exact) mass is 677 g/mol. The van der Waals surface area contributed by atoms with Crippen LogP contribution < -0.4 is 4.90 Å². The quantitative estimate of drug-likeness (QED) is 0.168. The fourth-order valence-electron chi connectivity index (χ4n) is 8.32. The van der Waals surface area contributed by atoms with Crippen LogP contribution in [-0.4, -0.2) is 0 Å². The average Bonchev–Trinajstić information content (AvgIpc) is 3.37. The Morgan fingerprint density at radius 2 is 0.941 bits per heavy atom. The highest BCUT2D eigenvalue weighted by Crippen LogP contribution is 2.51. The number of anilines is 3. The summed E-state index contributed by atoms with van der Waals surface area (Å²) in [6.45, 7) is 11.5. The van der Waals surface area contributed by atoms with E-state index in [1.807, 2.05) is 0 Å². The summed E-state index contributed by atoms with van der Waals surface area (Å²) < 4.78 is 0. The van der Waals surface area contributed by atoms with Crippen molar-refractivity contribution in [2.45, 2.75) is 45.4 Å². The van der Waals surface area contributed by atoms with Gasteiger partial charge in [-0.2, -0.15) is 0 Å². The highest BCUT2D eigenvalue weighted by Gasteiger charge is 2.35. The number of rotatable bonds is 4. The minimum absolute atomic E-state index is 0.0745. The molecule has 0 saturated carbocycles. The van der Waals surface area contributed by atoms with E-state index in [2.05, 4.69) is 191 Å². The van der Waals surface area contributed by atoms with Crippen molar-refractivity contribution in [1.29, 1.82) is 0 Å². The van der Waals surface area contributed by atoms with Crippen molar-refractivity contribution >= 4 is 61.0 Å². The van der Waals surface area contributed by atoms with Gasteiger partial charge in [0.15, 0.2) is 0 Å². The first kappa shape index (κ1) is 31.6. The number of halogens is 1. The highest BCUT2D eigenvalue weighted by molar-refractivity contribution is 6.36. The normalized spacial score (nSPS) is 13.5. The molecule has 1 aliphatic rings. The Hall–Kier alpha value is -5.37. The molecule has 8 aromatic rings. The van der Waals surface area contributed by atoms with Gasteiger partial charge in [0, 0.05) is 33.1 Å². The van der Waals surface area contributed by atoms with E-state index in [-0.39, 0.29) is 10.8 Å². The van der Waals surface area contributed by atoms with Crippen LogP contribution in [-0.2, 0) is 10.8 Å². The predicted molar refractivity (Wildman–Crippen MR) is 220 cm³/mol. The lowest BCUT2D eigenvalue weighted by molar-refractivity contribution is 0.590. The minimum atomic E-state index is -0.0874. The Bertz CT molecular complexity index is 2640. The third-order valence-corrected chi connectivity index (χ3v) is 11.4. The first-order valence-corrected chi connectivity index (χ1v) is 18.3. The van der Waals surface area contributed by atoms with Gasteiger partial charge in [0.1, 0.15) is 0 Å². The number of hydrogen-bond donors (Lipinski definition) is 0. The SMILES string of the molecule is CC(C)(C)c1ccc(N(c2ccc(-c3cc4c5ccccc5c5ccccc5c4cc3Cl)cc2)c2ccc3c(c2)C(C)(C)c2ccccc2-3)cc1. The molecule has 0 aromatic heterocycles. The van der Waals surface area contributed by atoms with Crippen molar-refractivity contribution in [3.05, 3.63) is 173 Å². The molecule has 2 heteroatoms. The summed E-state index contributed by atoms with van der Waals surface area (Å²) in [4.78, 5) is 2.39. The van der Waals surface area contributed by atoms with Crippen LogP contribution in [0.15, 0.2) is 152 Å². The minimum Gasteiger partial charge on any atom is -0.310 e. The fourth-order valence-corrected chi connectivity index (χ4v) is 8.60. The molecular formula is C49H40ClN. The largest absolute Gasteiger partial charge is 0.310 e. The average molecular weight is 678 g/mol. The van der Waals surface area contributed by atoms with Gasteiger partial charge >= 0.3 is 0 Å². The van der Waals surface area contributed by atoms with Crippen LogP contribution >= 0.6 is 11.6 Å². The molecule has 1 nitrogen and oxygen atoms in total. The fraction of sp³-hybridized carbons (Fsp3) is 0.143. The molecule has 0 saturated heterocycles. The van der Waals surface area contributed by atoms with Gasteiger partial charge in [-0.25, -0.2) is 0 Å². The lowest BCUT2D eigenvalue weighted by Crippen LogP contribution is -2.17. The van der Waals surface area contributed by atoms with Crippen molar-refractivity contribution in [3.63, 3.8) is 0 Å². The first-order valence-electron chi connectivity index (χ1n) is 17.9. The predicted octanol–water partition coefficient (Wildman–Crippen LogP) is 14.5. The van der Waals surface area contributed by atoms with Gasteiger partial charge < -0.3 is 4.90 Å². The van der Waals surface area contributed by atoms with Crippen molar-refractivity contribution in [1.82, 2.24) is 0 Å². The van der Waals surface area contributed by atoms with Gasteiger partial charge in [0.05, 0.1) is 0 Å². The van der Waals surface area contributed by atoms with E-state index in [1.54, 1.807) is 0 Å². The molecule has 0 unspecified atom stereocenters. The lowest BCUT2D eigenvalue weighted by Gasteiger charge is -2.29. The molecule has 0 N–H and O–H groups in total. The Morgan fingerprint density at radius 3 is 1.55 bits per heavy atom. The summed E-state index contributed by atoms with van der Waals surface area (Å²) in [5.41, 5.74) is 12.2. The van der Waals surface area contributed by atoms with E-state index < -0.39 is 0 Å². The summed E-state index contributed by atoms with van der Waals surface area (Å²) in [5, 5.41) is 8.14. The van der Waals surface area contributed by atoms with Gasteiger partial charge in [0.2, 0.25) is 0 Å². The molecule has 51 heavy (non-hydrogen) atoms. The standard InChI is InChI=1S/C49H40ClN/c1-48(2,3)32-20-24-34(25-21-32)51(35-26-27-41-40-16-10-11-17-45(40)49(4,5)46(41)28-35)33-22-18-31(19-23-33)42-29-43-38-14-8-6-12-36(38)37-13-7-9-15-39(37)44(43)30-47(42)50/h6-30H,1-5H3. The Balaban J connectivity index is 1.17. The van der Waals surface area contributed by atoms with Crippen molar-refractivity contribution in [2.24, 2.45) is 0 Å². The van der Waals surface area contributed by atoms with Gasteiger partial charge in [0.25, 0.3) is 0 Å². The summed E-state index contributed by atoms with van der Waals surface area (Å²) >= 11 is 7.14. The van der Waals surface area contributed by atoms with Crippen molar-refractivity contribution in [2.75, 3.05) is 4.90 Å². The van der Waals surface area contributed by atoms with Gasteiger partial charge in [-0.1, -0.05) is 149 Å². The summed E-state index contributed by atoms with van der Waals surface area (Å²) in [5.74, 6) is 0. The van der Waals surface area contributed by atoms with Gasteiger partial charge in [-0.15, -0.1) is 0 Å². The van der Waals surface area contributed by atoms with Crippen LogP contribution in [0.3, 0.4) is 0 Å². The Kier molecular flexibility index (Phi) is 7.18. The van der Waals surface area contributed by atoms with Crippen LogP contribution in [0.4, 0.5) is 17.1 Å². The maximum absolute atomic E-state index is 7.14. The second-order valence-corrected chi connectivity index (χ2v) is 16.0. The summed E-state index contributed by atoms with van der Waals surface area (Å²) in [6, 6.07) is 55.6. The molecule has 0 heterocycles. The van der Waals surface area contributed by atoms with Crippen LogP contribution in [0.1, 0.15) is 51.3 Å². The molecule has 0 atom stereocenters. The smallest absolute Gasteiger partial charge is 0.0491 e. The summed E-state index contributed by atoms with van der Waals surface area (Å²) in [6.07, 6.45) is 0. The Morgan fingerprint density at radius 1 is 0.451 bits per heavy atom. The van der Waals surface area contributed by atoms with E-state index >= 15 is 0 Å². The van der Waals surface area contributed by atoms with Gasteiger partial charge in [-0.05, 0) is 120 Å². The molecule has 248 valence electrons. The van der Waals surface area contributed by atoms with E-state index in [1.165, 1.54) is 60.1 Å². The van der Waals surface area contributed by atoms with E-state index in [0.29, 0.717) is 0 Å². The molecule has 0 radical (unpaired) electrons. The zero-order valence-electron chi connectivity index (χ0n) is 29.8. The van der Waals surface area contributed by atoms with E-state index in [4.69, 9.17) is 11.6 Å². The van der Waals surface area contributed by atoms with Crippen LogP contribution in [0.25, 0.3) is 54.6 Å². The molecule has 0 aliphatic heterocycles. The molecular weight excluding hydrogens is 638 g/mol. The van der Waals surface area contributed by atoms with Crippen LogP contribution in [0, 0.1) is 0 Å². The van der Waals surface area contributed by atoms with Gasteiger partial charge in [-0.3, -0.25) is 0 Å². The molecule has 0 bridgehead atoms. The van der Waals surface area contributed by atoms with Crippen molar-refractivity contribution in [3.8, 4) is 22.3 Å². The molecule has 9 rings (SSSR count). The zero-order chi connectivity index (χ0) is 35.1. The molecule has 8 aromatic carbocycles. The maximum Gasteiger partial charge on any atom is 0.0491 e. The number of benzene rings is 8. The topological polar surface area (TPSA) is 3.24 Å². The third kappa shape index (κ3) is 5.06. The molecule has 0 amide bonds. The number of nitrogens with zero attached hydrogens (tertiary/aromatic N) is 1. The highest BCUT2D eigenvalue weighted by atomic mass is 35.5. The first-order chi connectivity index (χ1) is 24.6. The third-order valence-electron chi connectivity index (χ3n) is 11.1. The van der Waals surface area contributed by atoms with Crippen LogP contribution in [0.2, 0.25) is 5.02 Å². The number of fused-ring (bicyclic) bond motifs is 9. The summed E-state index contributed by atoms with van der Waals surface area (Å²) in [7, 11) is 0. The zero-order valence-corrected chi connectivity index (χ0v) is 30.5. The second kappa shape index (κ2) is 11.6. The number of hydrogen-bond acceptors (Lipinski definition) is 1. The molecule has 0 spiro atoms. The Labute approximate surface area is 305 Å². The maximum atomic E-state index is 7.14. The lowest BCUT2D eigenvalue weighted by atomic mass is 9.82. The molecule has 0 fully saturated rings. The van der Waals surface area contributed by atoms with Crippen molar-refractivity contribution < 1.29 is 0 Å². The van der Waals surface area contributed by atoms with E-state index in [9.17, 15) is 0 Å².